The Kier molecular flexibility index (Phi) is 12.1. The minimum atomic E-state index is -2.83. The molecule has 3 rings (SSSR count). The van der Waals surface area contributed by atoms with E-state index < -0.39 is 136 Å². The van der Waals surface area contributed by atoms with Gasteiger partial charge in [0.1, 0.15) is 67.1 Å². The zero-order chi connectivity index (χ0) is 32.4. The molecule has 20 nitrogen and oxygen atoms in total. The van der Waals surface area contributed by atoms with Gasteiger partial charge >= 0.3 is 5.97 Å². The first-order valence-corrected chi connectivity index (χ1v) is 13.2. The number of amides is 1. The number of rotatable bonds is 11. The third-order valence-corrected chi connectivity index (χ3v) is 7.47. The lowest BCUT2D eigenvalue weighted by molar-refractivity contribution is -0.364. The van der Waals surface area contributed by atoms with E-state index in [4.69, 9.17) is 23.7 Å². The fourth-order valence-corrected chi connectivity index (χ4v) is 5.05. The van der Waals surface area contributed by atoms with Crippen molar-refractivity contribution in [3.05, 3.63) is 0 Å². The van der Waals surface area contributed by atoms with Gasteiger partial charge < -0.3 is 90.3 Å². The summed E-state index contributed by atoms with van der Waals surface area (Å²) in [6.07, 6.45) is -27.0. The van der Waals surface area contributed by atoms with Gasteiger partial charge in [0.2, 0.25) is 5.91 Å². The van der Waals surface area contributed by atoms with Crippen LogP contribution in [-0.4, -0.2) is 191 Å². The van der Waals surface area contributed by atoms with Crippen molar-refractivity contribution in [3.8, 4) is 0 Å². The molecule has 0 bridgehead atoms. The number of hydrogen-bond acceptors (Lipinski definition) is 18. The van der Waals surface area contributed by atoms with E-state index in [2.05, 4.69) is 5.32 Å². The standard InChI is InChI=1S/C23H39NO19/c1-6(27)24-11-7(28)2-23(22(37)38,43-19(11)12(30)8(29)3-25)39-5-10-13(31)14(32)17(35)21(41-10)42-18-9(4-26)40-20(36)16(34)15(18)33/h7-21,25-26,28-36H,2-5H2,1H3,(H,24,27)(H,37,38)/t7?,8-,9?,10?,11?,12-,13?,14?,15?,16?,17?,18?,19?,20?,21?,23?/m1/s1. The van der Waals surface area contributed by atoms with Crippen LogP contribution in [0.4, 0.5) is 0 Å². The van der Waals surface area contributed by atoms with Crippen molar-refractivity contribution in [1.29, 1.82) is 0 Å². The smallest absolute Gasteiger partial charge is 0.364 e. The Morgan fingerprint density at radius 1 is 0.930 bits per heavy atom. The van der Waals surface area contributed by atoms with Crippen molar-refractivity contribution in [3.63, 3.8) is 0 Å². The molecule has 3 heterocycles. The number of carbonyl (C=O) groups excluding carboxylic acids is 1. The van der Waals surface area contributed by atoms with Crippen LogP contribution in [0.2, 0.25) is 0 Å². The summed E-state index contributed by atoms with van der Waals surface area (Å²) < 4.78 is 26.7. The van der Waals surface area contributed by atoms with Gasteiger partial charge in [-0.05, 0) is 0 Å². The van der Waals surface area contributed by atoms with Gasteiger partial charge in [-0.15, -0.1) is 0 Å². The molecule has 14 unspecified atom stereocenters. The first-order valence-electron chi connectivity index (χ1n) is 13.2. The summed E-state index contributed by atoms with van der Waals surface area (Å²) >= 11 is 0. The highest BCUT2D eigenvalue weighted by molar-refractivity contribution is 5.76. The monoisotopic (exact) mass is 633 g/mol. The average molecular weight is 634 g/mol. The van der Waals surface area contributed by atoms with Crippen LogP contribution in [0.3, 0.4) is 0 Å². The third kappa shape index (κ3) is 7.58. The van der Waals surface area contributed by atoms with Gasteiger partial charge in [0, 0.05) is 13.3 Å². The predicted molar refractivity (Wildman–Crippen MR) is 130 cm³/mol. The van der Waals surface area contributed by atoms with Gasteiger partial charge in [-0.1, -0.05) is 0 Å². The van der Waals surface area contributed by atoms with Gasteiger partial charge in [-0.2, -0.15) is 0 Å². The molecule has 0 radical (unpaired) electrons. The van der Waals surface area contributed by atoms with Gasteiger partial charge in [-0.3, -0.25) is 4.79 Å². The van der Waals surface area contributed by atoms with Crippen molar-refractivity contribution in [2.75, 3.05) is 19.8 Å². The number of aliphatic hydroxyl groups is 11. The fourth-order valence-electron chi connectivity index (χ4n) is 5.05. The second-order valence-electron chi connectivity index (χ2n) is 10.5. The van der Waals surface area contributed by atoms with Gasteiger partial charge in [0.25, 0.3) is 5.79 Å². The molecule has 0 aromatic rings. The van der Waals surface area contributed by atoms with Crippen molar-refractivity contribution >= 4 is 11.9 Å². The molecule has 43 heavy (non-hydrogen) atoms. The summed E-state index contributed by atoms with van der Waals surface area (Å²) in [6.45, 7) is -1.76. The van der Waals surface area contributed by atoms with Crippen LogP contribution in [-0.2, 0) is 33.3 Å². The quantitative estimate of drug-likeness (QED) is 0.100. The summed E-state index contributed by atoms with van der Waals surface area (Å²) in [6, 6.07) is -1.48. The van der Waals surface area contributed by atoms with Gasteiger partial charge in [0.15, 0.2) is 12.6 Å². The van der Waals surface area contributed by atoms with Crippen molar-refractivity contribution in [1.82, 2.24) is 5.32 Å². The highest BCUT2D eigenvalue weighted by Gasteiger charge is 2.57. The maximum absolute atomic E-state index is 12.3. The summed E-state index contributed by atoms with van der Waals surface area (Å²) in [4.78, 5) is 24.0. The molecule has 0 aromatic carbocycles. The molecule has 0 aliphatic carbocycles. The zero-order valence-electron chi connectivity index (χ0n) is 22.7. The molecule has 1 amide bonds. The van der Waals surface area contributed by atoms with E-state index in [0.29, 0.717) is 0 Å². The van der Waals surface area contributed by atoms with E-state index >= 15 is 0 Å². The van der Waals surface area contributed by atoms with E-state index in [9.17, 15) is 70.9 Å². The second-order valence-corrected chi connectivity index (χ2v) is 10.5. The molecule has 3 aliphatic heterocycles. The number of aliphatic carboxylic acids is 1. The summed E-state index contributed by atoms with van der Waals surface area (Å²) in [5, 5.41) is 123. The van der Waals surface area contributed by atoms with Crippen LogP contribution >= 0.6 is 0 Å². The molecule has 16 atom stereocenters. The molecule has 0 spiro atoms. The average Bonchev–Trinajstić information content (AvgIpc) is 2.96. The Labute approximate surface area is 243 Å². The van der Waals surface area contributed by atoms with E-state index in [0.717, 1.165) is 6.92 Å². The molecule has 3 saturated heterocycles. The Hall–Kier alpha value is -1.70. The van der Waals surface area contributed by atoms with Gasteiger partial charge in [-0.25, -0.2) is 4.79 Å². The maximum Gasteiger partial charge on any atom is 0.364 e. The molecule has 20 heteroatoms. The minimum Gasteiger partial charge on any atom is -0.477 e. The SMILES string of the molecule is CC(=O)NC1C(O)CC(OCC2OC(OC3C(CO)OC(O)C(O)C3O)C(O)C(O)C2O)(C(=O)O)OC1[C@H](O)[C@H](O)CO. The van der Waals surface area contributed by atoms with Crippen LogP contribution in [0.25, 0.3) is 0 Å². The van der Waals surface area contributed by atoms with Crippen molar-refractivity contribution in [2.24, 2.45) is 0 Å². The zero-order valence-corrected chi connectivity index (χ0v) is 22.7. The molecule has 0 aromatic heterocycles. The molecule has 3 fully saturated rings. The molecule has 13 N–H and O–H groups in total. The number of ether oxygens (including phenoxy) is 5. The van der Waals surface area contributed by atoms with Gasteiger partial charge in [0.05, 0.1) is 32.0 Å². The van der Waals surface area contributed by atoms with Crippen molar-refractivity contribution in [2.45, 2.75) is 111 Å². The fraction of sp³-hybridized carbons (Fsp3) is 0.913. The Bertz CT molecular complexity index is 942. The largest absolute Gasteiger partial charge is 0.477 e. The molecule has 250 valence electrons. The van der Waals surface area contributed by atoms with Crippen LogP contribution < -0.4 is 5.32 Å². The predicted octanol–water partition coefficient (Wildman–Crippen LogP) is -8.22. The number of aliphatic hydroxyl groups excluding tert-OH is 11. The topological polar surface area (TPSA) is 335 Å². The van der Waals surface area contributed by atoms with E-state index in [-0.39, 0.29) is 0 Å². The normalized spacial score (nSPS) is 45.3. The summed E-state index contributed by atoms with van der Waals surface area (Å²) in [5.41, 5.74) is 0. The third-order valence-electron chi connectivity index (χ3n) is 7.47. The maximum atomic E-state index is 12.3. The number of carboxylic acids is 1. The minimum absolute atomic E-state index is 0.719. The number of carbonyl (C=O) groups is 2. The summed E-state index contributed by atoms with van der Waals surface area (Å²) in [5.74, 6) is -5.42. The lowest BCUT2D eigenvalue weighted by Gasteiger charge is -2.48. The first kappa shape index (κ1) is 35.8. The van der Waals surface area contributed by atoms with E-state index in [1.807, 2.05) is 0 Å². The van der Waals surface area contributed by atoms with Crippen LogP contribution in [0.5, 0.6) is 0 Å². The molecule has 0 saturated carbocycles. The summed E-state index contributed by atoms with van der Waals surface area (Å²) in [7, 11) is 0. The van der Waals surface area contributed by atoms with Crippen LogP contribution in [0, 0.1) is 0 Å². The Morgan fingerprint density at radius 3 is 2.14 bits per heavy atom. The van der Waals surface area contributed by atoms with E-state index in [1.165, 1.54) is 0 Å². The first-order chi connectivity index (χ1) is 20.1. The number of carboxylic acid groups (broad SMARTS) is 1. The molecule has 3 aliphatic rings. The van der Waals surface area contributed by atoms with Crippen LogP contribution in [0.15, 0.2) is 0 Å². The Balaban J connectivity index is 1.82. The Morgan fingerprint density at radius 2 is 1.58 bits per heavy atom. The molecular formula is C23H39NO19. The lowest BCUT2D eigenvalue weighted by Crippen LogP contribution is -2.68. The number of nitrogens with one attached hydrogen (secondary N) is 1. The number of hydrogen-bond donors (Lipinski definition) is 13. The second kappa shape index (κ2) is 14.6. The molecular weight excluding hydrogens is 594 g/mol. The van der Waals surface area contributed by atoms with Crippen molar-refractivity contribution < 1.29 is 94.6 Å². The van der Waals surface area contributed by atoms with Crippen LogP contribution in [0.1, 0.15) is 13.3 Å². The lowest BCUT2D eigenvalue weighted by atomic mass is 9.88. The highest BCUT2D eigenvalue weighted by Crippen LogP contribution is 2.35. The van der Waals surface area contributed by atoms with E-state index in [1.54, 1.807) is 0 Å². The highest BCUT2D eigenvalue weighted by atomic mass is 16.8.